The third kappa shape index (κ3) is 6.09. The Hall–Kier alpha value is -4.31. The van der Waals surface area contributed by atoms with Gasteiger partial charge in [-0.2, -0.15) is 23.1 Å². The first-order chi connectivity index (χ1) is 22.8. The van der Waals surface area contributed by atoms with Gasteiger partial charge in [0.05, 0.1) is 52.4 Å². The molecule has 0 bridgehead atoms. The first-order valence-electron chi connectivity index (χ1n) is 15.2. The number of alkyl halides is 5. The van der Waals surface area contributed by atoms with Crippen molar-refractivity contribution in [1.29, 1.82) is 0 Å². The van der Waals surface area contributed by atoms with Crippen LogP contribution >= 0.6 is 11.6 Å². The van der Waals surface area contributed by atoms with Crippen LogP contribution in [0, 0.1) is 12.7 Å². The topological polar surface area (TPSA) is 129 Å². The predicted molar refractivity (Wildman–Crippen MR) is 172 cm³/mol. The van der Waals surface area contributed by atoms with Gasteiger partial charge >= 0.3 is 12.2 Å². The van der Waals surface area contributed by atoms with Gasteiger partial charge in [-0.3, -0.25) is 4.90 Å². The van der Waals surface area contributed by atoms with Crippen molar-refractivity contribution in [3.05, 3.63) is 51.9 Å². The number of aryl methyl sites for hydroxylation is 1. The van der Waals surface area contributed by atoms with Crippen LogP contribution < -0.4 is 25.8 Å². The zero-order valence-corrected chi connectivity index (χ0v) is 27.8. The van der Waals surface area contributed by atoms with Gasteiger partial charge in [0, 0.05) is 18.2 Å². The number of nitrogens with two attached hydrogens (primary N) is 2. The second-order valence-electron chi connectivity index (χ2n) is 12.9. The van der Waals surface area contributed by atoms with E-state index in [4.69, 9.17) is 32.5 Å². The molecule has 49 heavy (non-hydrogen) atoms. The standard InChI is InChI=1S/C32H33ClF6N8O2/c1-14-11-18(40)43-24(21(14)32(37,38)39)19-22(33)26-20-25(23(19)34)44-29(49-30(3,4)17-12-31(35,36)13-46(17)5)45-28(20)47(9-10-48-26)15(2)16-7-6-8-42-27(16)41/h6-8,11,15,17H,9-10,12-13H2,1-5H3,(H2,40,43)(H2,41,42)/t15-,17+/m1/s1. The molecule has 3 aromatic heterocycles. The van der Waals surface area contributed by atoms with Crippen LogP contribution in [0.4, 0.5) is 43.8 Å². The highest BCUT2D eigenvalue weighted by molar-refractivity contribution is 6.36. The lowest BCUT2D eigenvalue weighted by Gasteiger charge is -2.35. The Balaban J connectivity index is 1.63. The quantitative estimate of drug-likeness (QED) is 0.206. The minimum absolute atomic E-state index is 0.0538. The number of ether oxygens (including phenoxy) is 2. The smallest absolute Gasteiger partial charge is 0.418 e. The van der Waals surface area contributed by atoms with E-state index in [1.807, 2.05) is 0 Å². The van der Waals surface area contributed by atoms with Crippen LogP contribution in [0.5, 0.6) is 11.8 Å². The van der Waals surface area contributed by atoms with Gasteiger partial charge in [-0.1, -0.05) is 17.7 Å². The van der Waals surface area contributed by atoms with Crippen LogP contribution in [0.25, 0.3) is 22.2 Å². The second kappa shape index (κ2) is 11.9. The van der Waals surface area contributed by atoms with Crippen LogP contribution in [0.1, 0.15) is 49.9 Å². The molecule has 0 unspecified atom stereocenters. The molecule has 0 amide bonds. The molecule has 10 nitrogen and oxygen atoms in total. The van der Waals surface area contributed by atoms with Crippen molar-refractivity contribution in [3.63, 3.8) is 0 Å². The Bertz CT molecular complexity index is 1960. The van der Waals surface area contributed by atoms with Crippen LogP contribution in [0.2, 0.25) is 5.02 Å². The van der Waals surface area contributed by atoms with Crippen molar-refractivity contribution in [2.75, 3.05) is 43.1 Å². The number of nitrogens with zero attached hydrogens (tertiary/aromatic N) is 6. The predicted octanol–water partition coefficient (Wildman–Crippen LogP) is 6.83. The molecule has 1 fully saturated rings. The van der Waals surface area contributed by atoms with E-state index in [1.54, 1.807) is 37.8 Å². The van der Waals surface area contributed by atoms with Gasteiger partial charge in [-0.15, -0.1) is 0 Å². The number of rotatable bonds is 6. The Kier molecular flexibility index (Phi) is 8.41. The summed E-state index contributed by atoms with van der Waals surface area (Å²) < 4.78 is 101. The van der Waals surface area contributed by atoms with Gasteiger partial charge in [-0.25, -0.2) is 23.1 Å². The maximum atomic E-state index is 17.0. The SMILES string of the molecule is Cc1cc(N)nc(-c2c(Cl)c3c4c(nc(OC(C)(C)[C@@H]5CC(F)(F)CN5C)nc4c2F)N([C@H](C)c2cccnc2N)CCO3)c1C(F)(F)F. The van der Waals surface area contributed by atoms with Gasteiger partial charge in [0.15, 0.2) is 11.6 Å². The second-order valence-corrected chi connectivity index (χ2v) is 13.2. The number of hydrogen-bond donors (Lipinski definition) is 2. The summed E-state index contributed by atoms with van der Waals surface area (Å²) in [5, 5.41) is -0.557. The summed E-state index contributed by atoms with van der Waals surface area (Å²) in [5.41, 5.74) is 7.65. The minimum atomic E-state index is -4.97. The molecular formula is C32H33ClF6N8O2. The molecule has 2 aliphatic rings. The van der Waals surface area contributed by atoms with Gasteiger partial charge in [-0.05, 0) is 52.4 Å². The summed E-state index contributed by atoms with van der Waals surface area (Å²) >= 11 is 6.75. The molecule has 4 N–H and O–H groups in total. The van der Waals surface area contributed by atoms with Crippen molar-refractivity contribution in [2.45, 2.75) is 63.9 Å². The van der Waals surface area contributed by atoms with Crippen LogP contribution in [-0.2, 0) is 6.18 Å². The number of pyridine rings is 2. The number of likely N-dealkylation sites (tertiary alicyclic amines) is 1. The highest BCUT2D eigenvalue weighted by atomic mass is 35.5. The number of halogens is 7. The largest absolute Gasteiger partial charge is 0.489 e. The fourth-order valence-electron chi connectivity index (χ4n) is 6.81. The summed E-state index contributed by atoms with van der Waals surface area (Å²) in [7, 11) is 1.53. The van der Waals surface area contributed by atoms with E-state index in [9.17, 15) is 22.0 Å². The monoisotopic (exact) mass is 710 g/mol. The molecule has 1 saturated heterocycles. The molecule has 0 aliphatic carbocycles. The molecule has 17 heteroatoms. The molecule has 6 rings (SSSR count). The number of nitrogen functional groups attached to an aromatic ring is 2. The lowest BCUT2D eigenvalue weighted by molar-refractivity contribution is -0.137. The van der Waals surface area contributed by atoms with E-state index in [-0.39, 0.29) is 47.3 Å². The lowest BCUT2D eigenvalue weighted by atomic mass is 9.95. The molecule has 2 aliphatic heterocycles. The lowest BCUT2D eigenvalue weighted by Crippen LogP contribution is -2.48. The average Bonchev–Trinajstić information content (AvgIpc) is 3.15. The van der Waals surface area contributed by atoms with Crippen molar-refractivity contribution in [2.24, 2.45) is 0 Å². The van der Waals surface area contributed by atoms with Gasteiger partial charge < -0.3 is 25.8 Å². The third-order valence-corrected chi connectivity index (χ3v) is 9.36. The van der Waals surface area contributed by atoms with E-state index in [2.05, 4.69) is 19.9 Å². The summed E-state index contributed by atoms with van der Waals surface area (Å²) in [6, 6.07) is 2.68. The van der Waals surface area contributed by atoms with Crippen molar-refractivity contribution in [3.8, 4) is 23.0 Å². The number of benzene rings is 1. The fourth-order valence-corrected chi connectivity index (χ4v) is 7.13. The Morgan fingerprint density at radius 2 is 1.88 bits per heavy atom. The van der Waals surface area contributed by atoms with E-state index < -0.39 is 81.9 Å². The van der Waals surface area contributed by atoms with E-state index in [0.29, 0.717) is 5.56 Å². The summed E-state index contributed by atoms with van der Waals surface area (Å²) in [5.74, 6) is -4.47. The Labute approximate surface area is 282 Å². The molecule has 1 aromatic carbocycles. The first kappa shape index (κ1) is 34.5. The molecule has 0 radical (unpaired) electrons. The molecule has 4 aromatic rings. The average molecular weight is 711 g/mol. The number of anilines is 3. The van der Waals surface area contributed by atoms with E-state index >= 15 is 4.39 Å². The fraction of sp³-hybridized carbons (Fsp3) is 0.438. The minimum Gasteiger partial charge on any atom is -0.489 e. The normalized spacial score (nSPS) is 18.8. The third-order valence-electron chi connectivity index (χ3n) is 9.00. The molecule has 2 atom stereocenters. The Morgan fingerprint density at radius 1 is 1.16 bits per heavy atom. The van der Waals surface area contributed by atoms with Crippen molar-refractivity contribution < 1.29 is 35.8 Å². The van der Waals surface area contributed by atoms with Crippen LogP contribution in [-0.4, -0.2) is 69.1 Å². The highest BCUT2D eigenvalue weighted by Gasteiger charge is 2.50. The van der Waals surface area contributed by atoms with Gasteiger partial charge in [0.1, 0.15) is 35.2 Å². The van der Waals surface area contributed by atoms with Crippen LogP contribution in [0.3, 0.4) is 0 Å². The van der Waals surface area contributed by atoms with Crippen molar-refractivity contribution in [1.82, 2.24) is 24.8 Å². The molecule has 0 spiro atoms. The van der Waals surface area contributed by atoms with Gasteiger partial charge in [0.2, 0.25) is 0 Å². The number of hydrogen-bond acceptors (Lipinski definition) is 10. The molecule has 0 saturated carbocycles. The maximum absolute atomic E-state index is 17.0. The number of aromatic nitrogens is 4. The Morgan fingerprint density at radius 3 is 2.51 bits per heavy atom. The van der Waals surface area contributed by atoms with Gasteiger partial charge in [0.25, 0.3) is 5.92 Å². The maximum Gasteiger partial charge on any atom is 0.418 e. The summed E-state index contributed by atoms with van der Waals surface area (Å²) in [6.07, 6.45) is -3.97. The first-order valence-corrected chi connectivity index (χ1v) is 15.6. The number of likely N-dealkylation sites (N-methyl/N-ethyl adjacent to an activating group) is 1. The zero-order valence-electron chi connectivity index (χ0n) is 27.1. The molecule has 5 heterocycles. The van der Waals surface area contributed by atoms with Crippen molar-refractivity contribution >= 4 is 40.0 Å². The highest BCUT2D eigenvalue weighted by Crippen LogP contribution is 2.51. The summed E-state index contributed by atoms with van der Waals surface area (Å²) in [6.45, 7) is 5.66. The summed E-state index contributed by atoms with van der Waals surface area (Å²) in [4.78, 5) is 20.2. The zero-order chi connectivity index (χ0) is 35.8. The molecule has 262 valence electrons. The molecular weight excluding hydrogens is 678 g/mol. The van der Waals surface area contributed by atoms with Crippen LogP contribution in [0.15, 0.2) is 24.4 Å². The van der Waals surface area contributed by atoms with E-state index in [1.165, 1.54) is 25.1 Å². The van der Waals surface area contributed by atoms with E-state index in [0.717, 1.165) is 6.07 Å².